The second-order valence-electron chi connectivity index (χ2n) is 21.3. The number of aliphatic carboxylic acids is 1. The smallest absolute Gasteiger partial charge is 0.312 e. The monoisotopic (exact) mass is 1390 g/mol. The molecule has 0 spiro atoms. The minimum absolute atomic E-state index is 0.0132. The maximum atomic E-state index is 13.0. The van der Waals surface area contributed by atoms with Crippen LogP contribution in [0, 0.1) is 11.8 Å². The molecule has 2 atom stereocenters. The summed E-state index contributed by atoms with van der Waals surface area (Å²) in [5, 5.41) is 14.8. The first-order valence-electron chi connectivity index (χ1n) is 33.6. The molecule has 5 N–H and O–H groups in total. The third-order valence-electron chi connectivity index (χ3n) is 13.2. The molecule has 96 heavy (non-hydrogen) atoms. The summed E-state index contributed by atoms with van der Waals surface area (Å²) in [5.41, 5.74) is 5.03. The maximum Gasteiger partial charge on any atom is 0.312 e. The van der Waals surface area contributed by atoms with Gasteiger partial charge in [-0.05, 0) is 25.2 Å². The van der Waals surface area contributed by atoms with Gasteiger partial charge in [-0.25, -0.2) is 4.79 Å². The number of carbonyl (C=O) groups is 7. The average molecular weight is 1390 g/mol. The van der Waals surface area contributed by atoms with Gasteiger partial charge in [-0.1, -0.05) is 20.3 Å². The number of ether oxygens (including phenoxy) is 20. The molecule has 0 saturated heterocycles. The number of nitrogens with zero attached hydrogens (tertiary/aromatic N) is 1. The fourth-order valence-electron chi connectivity index (χ4n) is 8.10. The molecule has 32 nitrogen and oxygen atoms in total. The Balaban J connectivity index is 1.68. The van der Waals surface area contributed by atoms with E-state index in [0.29, 0.717) is 283 Å². The zero-order valence-corrected chi connectivity index (χ0v) is 57.2. The van der Waals surface area contributed by atoms with E-state index in [1.807, 2.05) is 0 Å². The first-order valence-corrected chi connectivity index (χ1v) is 33.6. The number of unbranched alkanes of at least 4 members (excludes halogenated alkanes) is 1. The summed E-state index contributed by atoms with van der Waals surface area (Å²) in [6.07, 6.45) is 4.59. The molecule has 1 aliphatic rings. The summed E-state index contributed by atoms with van der Waals surface area (Å²) in [4.78, 5) is 84.1. The Labute approximate surface area is 566 Å². The van der Waals surface area contributed by atoms with E-state index < -0.39 is 24.0 Å². The van der Waals surface area contributed by atoms with Crippen LogP contribution in [-0.2, 0) is 124 Å². The molecule has 32 heteroatoms. The molecule has 560 valence electrons. The van der Waals surface area contributed by atoms with E-state index in [1.165, 1.54) is 12.2 Å². The van der Waals surface area contributed by atoms with E-state index >= 15 is 0 Å². The van der Waals surface area contributed by atoms with Gasteiger partial charge in [-0.15, -0.1) is 0 Å². The highest BCUT2D eigenvalue weighted by molar-refractivity contribution is 6.13. The molecule has 0 fully saturated rings. The highest BCUT2D eigenvalue weighted by atomic mass is 16.6. The number of ketones is 2. The highest BCUT2D eigenvalue weighted by Gasteiger charge is 2.29. The molecule has 1 heterocycles. The van der Waals surface area contributed by atoms with Crippen LogP contribution >= 0.6 is 0 Å². The van der Waals surface area contributed by atoms with Crippen molar-refractivity contribution in [3.63, 3.8) is 0 Å². The Hall–Kier alpha value is -4.37. The van der Waals surface area contributed by atoms with E-state index in [4.69, 9.17) is 100 Å². The maximum absolute atomic E-state index is 13.0. The lowest BCUT2D eigenvalue weighted by Gasteiger charge is -2.23. The molecule has 5 amide bonds. The first-order chi connectivity index (χ1) is 46.9. The predicted octanol–water partition coefficient (Wildman–Crippen LogP) is 1.01. The van der Waals surface area contributed by atoms with Crippen LogP contribution in [-0.4, -0.2) is 335 Å². The summed E-state index contributed by atoms with van der Waals surface area (Å²) in [6.45, 7) is 21.2. The van der Waals surface area contributed by atoms with Gasteiger partial charge in [0, 0.05) is 57.5 Å². The van der Waals surface area contributed by atoms with Crippen molar-refractivity contribution in [2.45, 2.75) is 71.3 Å². The lowest BCUT2D eigenvalue weighted by Crippen LogP contribution is -2.45. The minimum Gasteiger partial charge on any atom is -0.481 e. The van der Waals surface area contributed by atoms with Crippen molar-refractivity contribution in [3.8, 4) is 0 Å². The van der Waals surface area contributed by atoms with Gasteiger partial charge in [-0.3, -0.25) is 33.7 Å². The van der Waals surface area contributed by atoms with Crippen LogP contribution < -0.4 is 16.4 Å². The Morgan fingerprint density at radius 2 is 0.677 bits per heavy atom. The zero-order chi connectivity index (χ0) is 69.7. The summed E-state index contributed by atoms with van der Waals surface area (Å²) in [7, 11) is 0. The third-order valence-corrected chi connectivity index (χ3v) is 13.2. The average Bonchev–Trinajstić information content (AvgIpc) is 1.71. The number of imide groups is 1. The second-order valence-corrected chi connectivity index (χ2v) is 21.3. The number of urea groups is 1. The topological polar surface area (TPSA) is 378 Å². The molecule has 1 aliphatic heterocycles. The van der Waals surface area contributed by atoms with Gasteiger partial charge < -0.3 is 116 Å². The lowest BCUT2D eigenvalue weighted by molar-refractivity contribution is -0.144. The normalized spacial score (nSPS) is 13.0. The molecular formula is C64H116N4O28. The zero-order valence-electron chi connectivity index (χ0n) is 57.2. The Kier molecular flexibility index (Phi) is 64.5. The molecule has 1 rings (SSSR count). The molecule has 0 radical (unpaired) electrons. The van der Waals surface area contributed by atoms with Crippen LogP contribution in [0.2, 0.25) is 0 Å². The number of hydrogen-bond donors (Lipinski definition) is 4. The Bertz CT molecular complexity index is 1900. The number of rotatable bonds is 78. The number of carbonyl (C=O) groups excluding carboxylic acids is 6. The van der Waals surface area contributed by atoms with E-state index in [9.17, 15) is 38.7 Å². The summed E-state index contributed by atoms with van der Waals surface area (Å²) in [5.74, 6) is -3.68. The van der Waals surface area contributed by atoms with Crippen molar-refractivity contribution in [1.82, 2.24) is 15.5 Å². The van der Waals surface area contributed by atoms with E-state index in [0.717, 1.165) is 4.90 Å². The Morgan fingerprint density at radius 3 is 0.948 bits per heavy atom. The Morgan fingerprint density at radius 1 is 0.396 bits per heavy atom. The number of nitrogens with one attached hydrogen (secondary N) is 2. The quantitative estimate of drug-likeness (QED) is 0.0488. The van der Waals surface area contributed by atoms with Crippen LogP contribution in [0.5, 0.6) is 0 Å². The first kappa shape index (κ1) is 89.6. The highest BCUT2D eigenvalue weighted by Crippen LogP contribution is 2.17. The number of carboxylic acids is 1. The van der Waals surface area contributed by atoms with Crippen molar-refractivity contribution in [2.75, 3.05) is 277 Å². The SMILES string of the molecule is CC(C)[C@H](NC(=O)CCOCCOCCOCCOCCOCCOCCOCCOCCOCCOCCOCCOCCOCCOCCOCCOCCOCCOCCOCCOCCCC(=O)CCN1C(=O)C=CC1=O)C(=O)C[C@@H](CCCCNC(N)=O)C(=O)O. The fraction of sp³-hybridized carbons (Fsp3) is 0.859. The molecule has 0 aromatic heterocycles. The summed E-state index contributed by atoms with van der Waals surface area (Å²) < 4.78 is 110. The minimum atomic E-state index is -1.08. The van der Waals surface area contributed by atoms with Crippen LogP contribution in [0.15, 0.2) is 12.2 Å². The molecule has 0 aromatic carbocycles. The van der Waals surface area contributed by atoms with E-state index in [2.05, 4.69) is 10.6 Å². The fourth-order valence-corrected chi connectivity index (χ4v) is 8.10. The number of hydrogen-bond acceptors (Lipinski definition) is 27. The van der Waals surface area contributed by atoms with Gasteiger partial charge in [0.1, 0.15) is 5.78 Å². The molecule has 0 bridgehead atoms. The van der Waals surface area contributed by atoms with Gasteiger partial charge in [0.05, 0.1) is 270 Å². The van der Waals surface area contributed by atoms with Gasteiger partial charge in [-0.2, -0.15) is 0 Å². The molecule has 0 aliphatic carbocycles. The molecule has 0 saturated carbocycles. The van der Waals surface area contributed by atoms with Crippen molar-refractivity contribution in [1.29, 1.82) is 0 Å². The van der Waals surface area contributed by atoms with Crippen LogP contribution in [0.3, 0.4) is 0 Å². The van der Waals surface area contributed by atoms with Crippen molar-refractivity contribution >= 4 is 41.3 Å². The van der Waals surface area contributed by atoms with E-state index in [-0.39, 0.29) is 80.6 Å². The van der Waals surface area contributed by atoms with Crippen molar-refractivity contribution in [3.05, 3.63) is 12.2 Å². The molecule has 0 aromatic rings. The summed E-state index contributed by atoms with van der Waals surface area (Å²) >= 11 is 0. The standard InChI is InChI=1S/C64H116N4O28/c1-55(2)62(58(70)54-56(63(74)75)6-3-4-12-66-64(65)76)67-59(71)11-15-78-17-19-80-21-23-82-25-27-84-29-31-86-33-35-88-37-39-90-41-43-92-45-47-94-49-51-96-53-52-95-50-48-93-46-44-91-42-40-89-38-36-87-34-32-85-30-28-83-26-24-81-22-20-79-18-16-77-14-5-7-57(69)10-13-68-60(72)8-9-61(68)73/h8-9,55-56,62H,3-7,10-54H2,1-2H3,(H,67,71)(H,74,75)(H3,65,66,76)/t56-,62+/m1/s1. The van der Waals surface area contributed by atoms with Crippen molar-refractivity contribution < 1.29 is 133 Å². The molecular weight excluding hydrogens is 1270 g/mol. The molecule has 0 unspecified atom stereocenters. The number of Topliss-reactive ketones (excluding diaryl/α,β-unsaturated/α-hetero) is 2. The van der Waals surface area contributed by atoms with Crippen molar-refractivity contribution in [2.24, 2.45) is 17.6 Å². The number of primary amides is 1. The second kappa shape index (κ2) is 69.1. The van der Waals surface area contributed by atoms with Crippen LogP contribution in [0.1, 0.15) is 65.2 Å². The third kappa shape index (κ3) is 60.8. The van der Waals surface area contributed by atoms with Gasteiger partial charge >= 0.3 is 12.0 Å². The summed E-state index contributed by atoms with van der Waals surface area (Å²) in [6, 6.07) is -1.47. The number of carboxylic acid groups (broad SMARTS) is 1. The van der Waals surface area contributed by atoms with Gasteiger partial charge in [0.2, 0.25) is 5.91 Å². The van der Waals surface area contributed by atoms with Gasteiger partial charge in [0.15, 0.2) is 5.78 Å². The number of amides is 5. The predicted molar refractivity (Wildman–Crippen MR) is 345 cm³/mol. The van der Waals surface area contributed by atoms with E-state index in [1.54, 1.807) is 13.8 Å². The van der Waals surface area contributed by atoms with Crippen LogP contribution in [0.25, 0.3) is 0 Å². The number of nitrogens with two attached hydrogens (primary N) is 1. The largest absolute Gasteiger partial charge is 0.481 e. The lowest BCUT2D eigenvalue weighted by atomic mass is 9.89. The van der Waals surface area contributed by atoms with Gasteiger partial charge in [0.25, 0.3) is 11.8 Å². The van der Waals surface area contributed by atoms with Crippen LogP contribution in [0.4, 0.5) is 4.79 Å².